The van der Waals surface area contributed by atoms with Crippen molar-refractivity contribution < 1.29 is 14.3 Å². The molecule has 3 N–H and O–H groups in total. The van der Waals surface area contributed by atoms with Gasteiger partial charge in [0, 0.05) is 0 Å². The lowest BCUT2D eigenvalue weighted by atomic mass is 10.2. The van der Waals surface area contributed by atoms with Gasteiger partial charge < -0.3 is 15.2 Å². The van der Waals surface area contributed by atoms with Crippen molar-refractivity contribution in [3.63, 3.8) is 0 Å². The Morgan fingerprint density at radius 2 is 2.40 bits per heavy atom. The molecule has 25 heavy (non-hydrogen) atoms. The average molecular weight is 455 g/mol. The fraction of sp³-hybridized carbons (Fsp3) is 0.214. The van der Waals surface area contributed by atoms with Gasteiger partial charge in [-0.05, 0) is 50.7 Å². The quantitative estimate of drug-likeness (QED) is 0.261. The number of nitrogens with one attached hydrogen (secondary N) is 1. The number of amides is 1. The predicted molar refractivity (Wildman–Crippen MR) is 98.0 cm³/mol. The highest BCUT2D eigenvalue weighted by atomic mass is 127. The molecule has 2 aromatic rings. The van der Waals surface area contributed by atoms with Crippen molar-refractivity contribution in [3.05, 3.63) is 21.3 Å². The summed E-state index contributed by atoms with van der Waals surface area (Å²) in [5.41, 5.74) is 8.54. The summed E-state index contributed by atoms with van der Waals surface area (Å²) in [5.74, 6) is 3.08. The molecule has 10 nitrogen and oxygen atoms in total. The van der Waals surface area contributed by atoms with E-state index < -0.39 is 5.91 Å². The number of nitrogen functional groups attached to an aromatic ring is 1. The van der Waals surface area contributed by atoms with Crippen LogP contribution in [-0.4, -0.2) is 46.0 Å². The largest absolute Gasteiger partial charge is 0.493 e. The molecule has 1 aromatic carbocycles. The highest BCUT2D eigenvalue weighted by Gasteiger charge is 2.11. The van der Waals surface area contributed by atoms with Gasteiger partial charge in [-0.3, -0.25) is 4.79 Å². The van der Waals surface area contributed by atoms with E-state index in [1.807, 2.05) is 6.07 Å². The summed E-state index contributed by atoms with van der Waals surface area (Å²) in [6, 6.07) is 3.52. The molecule has 0 radical (unpaired) electrons. The summed E-state index contributed by atoms with van der Waals surface area (Å²) >= 11 is 2.10. The van der Waals surface area contributed by atoms with Gasteiger partial charge in [0.25, 0.3) is 5.91 Å². The second-order valence-corrected chi connectivity index (χ2v) is 5.68. The fourth-order valence-corrected chi connectivity index (χ4v) is 2.52. The lowest BCUT2D eigenvalue weighted by Gasteiger charge is -2.11. The molecule has 0 spiro atoms. The Balaban J connectivity index is 2.03. The van der Waals surface area contributed by atoms with Crippen LogP contribution in [0.25, 0.3) is 0 Å². The predicted octanol–water partition coefficient (Wildman–Crippen LogP) is 0.0308. The van der Waals surface area contributed by atoms with Gasteiger partial charge in [0.1, 0.15) is 13.2 Å². The SMILES string of the molecule is C#CCOc1c(I)cc(C=NNC(=O)Cn2nnnc2N)cc1OC. The van der Waals surface area contributed by atoms with Gasteiger partial charge in [-0.1, -0.05) is 11.0 Å². The number of hydrogen-bond donors (Lipinski definition) is 2. The van der Waals surface area contributed by atoms with E-state index in [0.717, 1.165) is 8.25 Å². The number of halogens is 1. The highest BCUT2D eigenvalue weighted by molar-refractivity contribution is 14.1. The van der Waals surface area contributed by atoms with Crippen molar-refractivity contribution in [1.82, 2.24) is 25.6 Å². The van der Waals surface area contributed by atoms with Crippen LogP contribution in [0.1, 0.15) is 5.56 Å². The van der Waals surface area contributed by atoms with Crippen LogP contribution in [0.3, 0.4) is 0 Å². The fourth-order valence-electron chi connectivity index (χ4n) is 1.74. The number of carbonyl (C=O) groups excluding carboxylic acids is 1. The maximum Gasteiger partial charge on any atom is 0.261 e. The van der Waals surface area contributed by atoms with Crippen LogP contribution >= 0.6 is 22.6 Å². The molecule has 1 amide bonds. The minimum atomic E-state index is -0.425. The summed E-state index contributed by atoms with van der Waals surface area (Å²) in [4.78, 5) is 11.8. The van der Waals surface area contributed by atoms with Crippen molar-refractivity contribution >= 4 is 40.7 Å². The smallest absolute Gasteiger partial charge is 0.261 e. The number of benzene rings is 1. The first-order valence-electron chi connectivity index (χ1n) is 6.82. The zero-order valence-electron chi connectivity index (χ0n) is 13.1. The monoisotopic (exact) mass is 455 g/mol. The number of aromatic nitrogens is 4. The van der Waals surface area contributed by atoms with Crippen molar-refractivity contribution in [2.24, 2.45) is 5.10 Å². The minimum Gasteiger partial charge on any atom is -0.493 e. The van der Waals surface area contributed by atoms with Crippen LogP contribution < -0.4 is 20.6 Å². The number of nitrogens with two attached hydrogens (primary N) is 1. The Bertz CT molecular complexity index is 828. The Kier molecular flexibility index (Phi) is 6.52. The third-order valence-electron chi connectivity index (χ3n) is 2.81. The molecule has 1 aromatic heterocycles. The Morgan fingerprint density at radius 3 is 3.04 bits per heavy atom. The van der Waals surface area contributed by atoms with Crippen molar-refractivity contribution in [2.45, 2.75) is 6.54 Å². The molecule has 0 aliphatic rings. The average Bonchev–Trinajstić information content (AvgIpc) is 2.98. The standard InChI is InChI=1S/C14H14IN7O3/c1-3-4-25-13-10(15)5-9(6-11(13)24-2)7-17-18-12(23)8-22-14(16)19-20-21-22/h1,5-7H,4,8H2,2H3,(H,18,23)(H2,16,19,21). The number of methoxy groups -OCH3 is 1. The number of hydrogen-bond acceptors (Lipinski definition) is 8. The number of hydrazone groups is 1. The van der Waals surface area contributed by atoms with Crippen LogP contribution in [0.15, 0.2) is 17.2 Å². The van der Waals surface area contributed by atoms with Gasteiger partial charge in [0.15, 0.2) is 11.5 Å². The van der Waals surface area contributed by atoms with E-state index in [4.69, 9.17) is 21.6 Å². The molecular formula is C14H14IN7O3. The number of nitrogens with zero attached hydrogens (tertiary/aromatic N) is 5. The maximum absolute atomic E-state index is 11.8. The normalized spacial score (nSPS) is 10.4. The number of rotatable bonds is 7. The number of tetrazole rings is 1. The Labute approximate surface area is 156 Å². The number of ether oxygens (including phenoxy) is 2. The highest BCUT2D eigenvalue weighted by Crippen LogP contribution is 2.33. The van der Waals surface area contributed by atoms with E-state index in [0.29, 0.717) is 17.1 Å². The van der Waals surface area contributed by atoms with Gasteiger partial charge in [0.2, 0.25) is 5.95 Å². The van der Waals surface area contributed by atoms with Crippen LogP contribution in [-0.2, 0) is 11.3 Å². The molecule has 0 fully saturated rings. The molecule has 0 unspecified atom stereocenters. The van der Waals surface area contributed by atoms with E-state index in [9.17, 15) is 4.79 Å². The van der Waals surface area contributed by atoms with Crippen LogP contribution in [0.2, 0.25) is 0 Å². The first kappa shape index (κ1) is 18.5. The van der Waals surface area contributed by atoms with E-state index in [1.165, 1.54) is 13.3 Å². The molecule has 0 atom stereocenters. The number of anilines is 1. The zero-order chi connectivity index (χ0) is 18.2. The van der Waals surface area contributed by atoms with Gasteiger partial charge in [-0.2, -0.15) is 5.10 Å². The molecule has 0 aliphatic heterocycles. The first-order valence-corrected chi connectivity index (χ1v) is 7.90. The lowest BCUT2D eigenvalue weighted by Crippen LogP contribution is -2.24. The molecular weight excluding hydrogens is 441 g/mol. The molecule has 130 valence electrons. The van der Waals surface area contributed by atoms with E-state index in [2.05, 4.69) is 54.6 Å². The minimum absolute atomic E-state index is 0.0426. The van der Waals surface area contributed by atoms with Crippen LogP contribution in [0.4, 0.5) is 5.95 Å². The first-order chi connectivity index (χ1) is 12.0. The summed E-state index contributed by atoms with van der Waals surface area (Å²) in [6.07, 6.45) is 6.67. The number of terminal acetylenes is 1. The van der Waals surface area contributed by atoms with E-state index >= 15 is 0 Å². The van der Waals surface area contributed by atoms with Crippen LogP contribution in [0, 0.1) is 15.9 Å². The maximum atomic E-state index is 11.8. The van der Waals surface area contributed by atoms with Crippen LogP contribution in [0.5, 0.6) is 11.5 Å². The van der Waals surface area contributed by atoms with Crippen molar-refractivity contribution in [3.8, 4) is 23.8 Å². The summed E-state index contributed by atoms with van der Waals surface area (Å²) in [6.45, 7) is -0.00791. The third-order valence-corrected chi connectivity index (χ3v) is 3.61. The molecule has 0 saturated carbocycles. The lowest BCUT2D eigenvalue weighted by molar-refractivity contribution is -0.121. The van der Waals surface area contributed by atoms with Gasteiger partial charge in [0.05, 0.1) is 16.9 Å². The summed E-state index contributed by atoms with van der Waals surface area (Å²) in [5, 5.41) is 14.3. The van der Waals surface area contributed by atoms with E-state index in [1.54, 1.807) is 6.07 Å². The summed E-state index contributed by atoms with van der Waals surface area (Å²) < 4.78 is 12.7. The topological polar surface area (TPSA) is 130 Å². The molecule has 11 heteroatoms. The van der Waals surface area contributed by atoms with Crippen molar-refractivity contribution in [2.75, 3.05) is 19.5 Å². The summed E-state index contributed by atoms with van der Waals surface area (Å²) in [7, 11) is 1.52. The van der Waals surface area contributed by atoms with E-state index in [-0.39, 0.29) is 19.1 Å². The molecule has 2 rings (SSSR count). The molecule has 0 saturated heterocycles. The number of carbonyl (C=O) groups is 1. The van der Waals surface area contributed by atoms with Crippen molar-refractivity contribution in [1.29, 1.82) is 0 Å². The second-order valence-electron chi connectivity index (χ2n) is 4.51. The Hall–Kier alpha value is -2.88. The molecule has 0 aliphatic carbocycles. The third kappa shape index (κ3) is 5.05. The molecule has 1 heterocycles. The molecule has 0 bridgehead atoms. The second kappa shape index (κ2) is 8.83. The van der Waals surface area contributed by atoms with Gasteiger partial charge in [-0.25, -0.2) is 10.1 Å². The van der Waals surface area contributed by atoms with Gasteiger partial charge in [-0.15, -0.1) is 6.42 Å². The zero-order valence-corrected chi connectivity index (χ0v) is 15.3. The van der Waals surface area contributed by atoms with Gasteiger partial charge >= 0.3 is 0 Å². The Morgan fingerprint density at radius 1 is 1.60 bits per heavy atom.